The smallest absolute Gasteiger partial charge is 0.330 e. The number of fused-ring (bicyclic) bond motifs is 1. The van der Waals surface area contributed by atoms with Crippen molar-refractivity contribution < 1.29 is 17.6 Å². The first-order valence-corrected chi connectivity index (χ1v) is 10.2. The average molecular weight is 444 g/mol. The Morgan fingerprint density at radius 1 is 1.19 bits per heavy atom. The Hall–Kier alpha value is -3.47. The molecule has 0 bridgehead atoms. The highest BCUT2D eigenvalue weighted by atomic mass is 19.3. The number of nitrogens with one attached hydrogen (secondary N) is 1. The molecule has 32 heavy (non-hydrogen) atoms. The summed E-state index contributed by atoms with van der Waals surface area (Å²) in [5, 5.41) is 10.1. The maximum Gasteiger partial charge on any atom is 0.330 e. The van der Waals surface area contributed by atoms with Gasteiger partial charge in [-0.2, -0.15) is 8.78 Å². The van der Waals surface area contributed by atoms with Crippen molar-refractivity contribution >= 4 is 11.2 Å². The molecule has 1 fully saturated rings. The monoisotopic (exact) mass is 444 g/mol. The molecular formula is C21H19F3N6O2. The van der Waals surface area contributed by atoms with Gasteiger partial charge in [0.2, 0.25) is 5.89 Å². The molecule has 0 aliphatic carbocycles. The number of hydrogen-bond donors (Lipinski definition) is 1. The van der Waals surface area contributed by atoms with E-state index in [1.165, 1.54) is 16.7 Å². The largest absolute Gasteiger partial charge is 0.415 e. The van der Waals surface area contributed by atoms with Crippen LogP contribution in [0.1, 0.15) is 36.8 Å². The van der Waals surface area contributed by atoms with Gasteiger partial charge in [-0.3, -0.25) is 9.13 Å². The second kappa shape index (κ2) is 8.23. The zero-order valence-electron chi connectivity index (χ0n) is 16.8. The number of rotatable bonds is 5. The van der Waals surface area contributed by atoms with Crippen LogP contribution in [0.15, 0.2) is 45.7 Å². The molecule has 3 aromatic heterocycles. The van der Waals surface area contributed by atoms with Gasteiger partial charge in [0, 0.05) is 23.4 Å². The van der Waals surface area contributed by atoms with Crippen molar-refractivity contribution in [2.24, 2.45) is 0 Å². The molecule has 0 atom stereocenters. The zero-order valence-corrected chi connectivity index (χ0v) is 16.8. The fourth-order valence-electron chi connectivity index (χ4n) is 4.09. The van der Waals surface area contributed by atoms with Gasteiger partial charge in [-0.25, -0.2) is 14.2 Å². The molecule has 0 amide bonds. The topological polar surface area (TPSA) is 90.8 Å². The van der Waals surface area contributed by atoms with Crippen LogP contribution >= 0.6 is 0 Å². The first-order valence-electron chi connectivity index (χ1n) is 10.2. The van der Waals surface area contributed by atoms with E-state index in [0.717, 1.165) is 32.0 Å². The lowest BCUT2D eigenvalue weighted by Gasteiger charge is -2.23. The van der Waals surface area contributed by atoms with Crippen LogP contribution in [0, 0.1) is 5.82 Å². The van der Waals surface area contributed by atoms with Crippen LogP contribution in [0.3, 0.4) is 0 Å². The molecule has 4 heterocycles. The molecule has 8 nitrogen and oxygen atoms in total. The van der Waals surface area contributed by atoms with Gasteiger partial charge in [-0.15, -0.1) is 10.2 Å². The predicted octanol–water partition coefficient (Wildman–Crippen LogP) is 3.30. The Morgan fingerprint density at radius 3 is 2.72 bits per heavy atom. The van der Waals surface area contributed by atoms with Crippen molar-refractivity contribution in [2.45, 2.75) is 31.9 Å². The first kappa shape index (κ1) is 20.4. The van der Waals surface area contributed by atoms with Gasteiger partial charge in [0.05, 0.1) is 12.1 Å². The Bertz CT molecular complexity index is 1320. The average Bonchev–Trinajstić information content (AvgIpc) is 3.40. The second-order valence-corrected chi connectivity index (χ2v) is 7.62. The summed E-state index contributed by atoms with van der Waals surface area (Å²) in [5.74, 6) is -1.65. The lowest BCUT2D eigenvalue weighted by atomic mass is 10.1. The van der Waals surface area contributed by atoms with E-state index in [-0.39, 0.29) is 35.3 Å². The van der Waals surface area contributed by atoms with Crippen LogP contribution in [0.4, 0.5) is 13.2 Å². The molecule has 0 saturated carbocycles. The number of halogens is 3. The minimum Gasteiger partial charge on any atom is -0.415 e. The molecule has 5 rings (SSSR count). The van der Waals surface area contributed by atoms with E-state index in [2.05, 4.69) is 20.5 Å². The van der Waals surface area contributed by atoms with E-state index in [1.807, 2.05) is 6.07 Å². The minimum atomic E-state index is -2.91. The number of imidazole rings is 1. The highest BCUT2D eigenvalue weighted by Gasteiger charge is 2.24. The molecule has 0 spiro atoms. The van der Waals surface area contributed by atoms with E-state index < -0.39 is 18.1 Å². The number of piperidine rings is 1. The zero-order chi connectivity index (χ0) is 22.2. The number of alkyl halides is 2. The van der Waals surface area contributed by atoms with Gasteiger partial charge in [0.25, 0.3) is 5.89 Å². The van der Waals surface area contributed by atoms with Gasteiger partial charge >= 0.3 is 12.1 Å². The quantitative estimate of drug-likeness (QED) is 0.508. The maximum absolute atomic E-state index is 14.9. The lowest BCUT2D eigenvalue weighted by Crippen LogP contribution is -2.35. The fourth-order valence-corrected chi connectivity index (χ4v) is 4.09. The molecule has 0 unspecified atom stereocenters. The summed E-state index contributed by atoms with van der Waals surface area (Å²) in [6.07, 6.45) is 0.335. The van der Waals surface area contributed by atoms with Crippen LogP contribution in [-0.4, -0.2) is 37.4 Å². The van der Waals surface area contributed by atoms with Crippen molar-refractivity contribution in [3.63, 3.8) is 0 Å². The van der Waals surface area contributed by atoms with Crippen molar-refractivity contribution in [3.8, 4) is 11.5 Å². The number of aromatic nitrogens is 5. The van der Waals surface area contributed by atoms with Gasteiger partial charge in [0.1, 0.15) is 5.82 Å². The SMILES string of the molecule is O=c1n(Cc2ccc(-c3nnc(C(F)F)o3)cc2F)c2ncccc2n1C1CCNCC1. The standard InChI is InChI=1S/C21H19F3N6O2/c22-15-10-12(19-27-28-20(32-19)17(23)24)3-4-13(15)11-29-18-16(2-1-7-26-18)30(21(29)31)14-5-8-25-9-6-14/h1-4,7,10,14,17,25H,5-6,8-9,11H2. The summed E-state index contributed by atoms with van der Waals surface area (Å²) in [5.41, 5.74) is 1.38. The summed E-state index contributed by atoms with van der Waals surface area (Å²) >= 11 is 0. The van der Waals surface area contributed by atoms with Crippen LogP contribution in [0.2, 0.25) is 0 Å². The number of nitrogens with zero attached hydrogens (tertiary/aromatic N) is 5. The van der Waals surface area contributed by atoms with Gasteiger partial charge in [-0.1, -0.05) is 6.07 Å². The summed E-state index contributed by atoms with van der Waals surface area (Å²) in [7, 11) is 0. The van der Waals surface area contributed by atoms with Crippen LogP contribution in [0.5, 0.6) is 0 Å². The van der Waals surface area contributed by atoms with E-state index in [0.29, 0.717) is 11.2 Å². The second-order valence-electron chi connectivity index (χ2n) is 7.62. The number of benzene rings is 1. The maximum atomic E-state index is 14.9. The Morgan fingerprint density at radius 2 is 2.00 bits per heavy atom. The van der Waals surface area contributed by atoms with Crippen LogP contribution < -0.4 is 11.0 Å². The van der Waals surface area contributed by atoms with Crippen molar-refractivity contribution in [3.05, 3.63) is 64.3 Å². The van der Waals surface area contributed by atoms with E-state index >= 15 is 0 Å². The van der Waals surface area contributed by atoms with E-state index in [1.54, 1.807) is 16.8 Å². The summed E-state index contributed by atoms with van der Waals surface area (Å²) in [4.78, 5) is 17.7. The highest BCUT2D eigenvalue weighted by molar-refractivity contribution is 5.71. The van der Waals surface area contributed by atoms with E-state index in [4.69, 9.17) is 4.42 Å². The van der Waals surface area contributed by atoms with E-state index in [9.17, 15) is 18.0 Å². The van der Waals surface area contributed by atoms with Crippen LogP contribution in [0.25, 0.3) is 22.6 Å². The number of pyridine rings is 1. The lowest BCUT2D eigenvalue weighted by molar-refractivity contribution is 0.116. The molecule has 1 saturated heterocycles. The molecule has 0 radical (unpaired) electrons. The molecular weight excluding hydrogens is 425 g/mol. The van der Waals surface area contributed by atoms with Crippen molar-refractivity contribution in [1.29, 1.82) is 0 Å². The molecule has 166 valence electrons. The Kier molecular flexibility index (Phi) is 5.25. The summed E-state index contributed by atoms with van der Waals surface area (Å²) in [6, 6.07) is 7.76. The van der Waals surface area contributed by atoms with Crippen LogP contribution in [-0.2, 0) is 6.54 Å². The first-order chi connectivity index (χ1) is 15.5. The normalized spacial score (nSPS) is 15.1. The Balaban J connectivity index is 1.50. The molecule has 1 aliphatic heterocycles. The highest BCUT2D eigenvalue weighted by Crippen LogP contribution is 2.26. The summed E-state index contributed by atoms with van der Waals surface area (Å²) in [6.45, 7) is 1.62. The third kappa shape index (κ3) is 3.58. The molecule has 1 aliphatic rings. The third-order valence-corrected chi connectivity index (χ3v) is 5.65. The van der Waals surface area contributed by atoms with Gasteiger partial charge in [0.15, 0.2) is 5.65 Å². The predicted molar refractivity (Wildman–Crippen MR) is 109 cm³/mol. The number of hydrogen-bond acceptors (Lipinski definition) is 6. The minimum absolute atomic E-state index is 0.0253. The Labute approximate surface area is 179 Å². The van der Waals surface area contributed by atoms with Crippen molar-refractivity contribution in [2.75, 3.05) is 13.1 Å². The van der Waals surface area contributed by atoms with Gasteiger partial charge < -0.3 is 9.73 Å². The van der Waals surface area contributed by atoms with Crippen molar-refractivity contribution in [1.82, 2.24) is 29.6 Å². The molecule has 1 aromatic carbocycles. The molecule has 11 heteroatoms. The fraction of sp³-hybridized carbons (Fsp3) is 0.333. The van der Waals surface area contributed by atoms with Gasteiger partial charge in [-0.05, 0) is 50.2 Å². The molecule has 1 N–H and O–H groups in total. The molecule has 4 aromatic rings. The third-order valence-electron chi connectivity index (χ3n) is 5.65. The summed E-state index contributed by atoms with van der Waals surface area (Å²) < 4.78 is 48.3.